The van der Waals surface area contributed by atoms with Gasteiger partial charge < -0.3 is 15.0 Å². The summed E-state index contributed by atoms with van der Waals surface area (Å²) in [5.74, 6) is 0.817. The second-order valence-electron chi connectivity index (χ2n) is 5.66. The number of hydrogen-bond acceptors (Lipinski definition) is 7. The van der Waals surface area contributed by atoms with Crippen molar-refractivity contribution in [2.24, 2.45) is 0 Å². The Morgan fingerprint density at radius 2 is 1.89 bits per heavy atom. The number of ether oxygens (including phenoxy) is 1. The smallest absolute Gasteiger partial charge is 0.358 e. The molecule has 8 nitrogen and oxygen atoms in total. The van der Waals surface area contributed by atoms with Gasteiger partial charge >= 0.3 is 5.97 Å². The molecule has 3 heterocycles. The van der Waals surface area contributed by atoms with Gasteiger partial charge in [0.2, 0.25) is 0 Å². The summed E-state index contributed by atoms with van der Waals surface area (Å²) in [6, 6.07) is 10.1. The molecule has 0 aliphatic rings. The lowest BCUT2D eigenvalue weighted by Gasteiger charge is -2.05. The minimum atomic E-state index is -0.562. The minimum absolute atomic E-state index is 0.106. The van der Waals surface area contributed by atoms with E-state index < -0.39 is 5.97 Å². The number of H-pyrrole nitrogens is 1. The number of benzene rings is 1. The molecule has 0 atom stereocenters. The van der Waals surface area contributed by atoms with E-state index in [9.17, 15) is 4.79 Å². The van der Waals surface area contributed by atoms with Gasteiger partial charge in [-0.2, -0.15) is 0 Å². The molecule has 0 aliphatic heterocycles. The van der Waals surface area contributed by atoms with Crippen molar-refractivity contribution in [3.8, 4) is 11.4 Å². The van der Waals surface area contributed by atoms with E-state index >= 15 is 0 Å². The fourth-order valence-electron chi connectivity index (χ4n) is 2.60. The summed E-state index contributed by atoms with van der Waals surface area (Å²) in [4.78, 5) is 23.5. The second-order valence-corrected chi connectivity index (χ2v) is 6.47. The van der Waals surface area contributed by atoms with E-state index in [0.717, 1.165) is 5.52 Å². The Morgan fingerprint density at radius 3 is 2.57 bits per heavy atom. The molecule has 0 fully saturated rings. The summed E-state index contributed by atoms with van der Waals surface area (Å²) in [7, 11) is 1.28. The number of nitrogens with one attached hydrogen (secondary N) is 2. The molecule has 0 amide bonds. The van der Waals surface area contributed by atoms with Crippen molar-refractivity contribution < 1.29 is 9.53 Å². The largest absolute Gasteiger partial charge is 0.464 e. The third kappa shape index (κ3) is 3.35. The van der Waals surface area contributed by atoms with Crippen molar-refractivity contribution in [2.45, 2.75) is 0 Å². The standard InChI is InChI=1S/C18H12Cl2N6O2/c1-28-18(27)12-5-6-13(26-25-12)23-17-15-11(7-8-21-17)22-16(24-15)14-9(19)3-2-4-10(14)20/h2-8H,1H3,(H,22,24)(H,21,23,26). The van der Waals surface area contributed by atoms with E-state index in [4.69, 9.17) is 23.2 Å². The number of hydrogen-bond donors (Lipinski definition) is 2. The van der Waals surface area contributed by atoms with Crippen LogP contribution in [0.2, 0.25) is 10.0 Å². The molecule has 4 aromatic rings. The Bertz CT molecular complexity index is 1160. The number of esters is 1. The molecule has 1 aromatic carbocycles. The topological polar surface area (TPSA) is 106 Å². The highest BCUT2D eigenvalue weighted by atomic mass is 35.5. The fraction of sp³-hybridized carbons (Fsp3) is 0.0556. The van der Waals surface area contributed by atoms with Crippen LogP contribution >= 0.6 is 23.2 Å². The van der Waals surface area contributed by atoms with Crippen LogP contribution in [0.4, 0.5) is 11.6 Å². The Labute approximate surface area is 168 Å². The number of fused-ring (bicyclic) bond motifs is 1. The van der Waals surface area contributed by atoms with Crippen LogP contribution in [-0.2, 0) is 4.74 Å². The van der Waals surface area contributed by atoms with E-state index in [2.05, 4.69) is 35.2 Å². The number of imidazole rings is 1. The molecular formula is C18H12Cl2N6O2. The number of anilines is 2. The summed E-state index contributed by atoms with van der Waals surface area (Å²) in [5, 5.41) is 11.8. The summed E-state index contributed by atoms with van der Waals surface area (Å²) >= 11 is 12.6. The summed E-state index contributed by atoms with van der Waals surface area (Å²) in [6.45, 7) is 0. The van der Waals surface area contributed by atoms with Gasteiger partial charge in [0.1, 0.15) is 11.3 Å². The average molecular weight is 415 g/mol. The molecule has 2 N–H and O–H groups in total. The third-order valence-corrected chi connectivity index (χ3v) is 4.54. The van der Waals surface area contributed by atoms with Crippen molar-refractivity contribution in [1.29, 1.82) is 0 Å². The molecule has 0 saturated carbocycles. The van der Waals surface area contributed by atoms with Gasteiger partial charge in [-0.15, -0.1) is 10.2 Å². The Morgan fingerprint density at radius 1 is 1.11 bits per heavy atom. The predicted octanol–water partition coefficient (Wildman–Crippen LogP) is 4.25. The van der Waals surface area contributed by atoms with Gasteiger partial charge in [-0.25, -0.2) is 14.8 Å². The summed E-state index contributed by atoms with van der Waals surface area (Å²) in [6.07, 6.45) is 1.62. The number of rotatable bonds is 4. The molecule has 0 radical (unpaired) electrons. The number of carbonyl (C=O) groups excluding carboxylic acids is 1. The van der Waals surface area contributed by atoms with E-state index in [-0.39, 0.29) is 5.69 Å². The van der Waals surface area contributed by atoms with Gasteiger partial charge in [0, 0.05) is 6.20 Å². The number of halogens is 2. The highest BCUT2D eigenvalue weighted by Crippen LogP contribution is 2.34. The molecule has 0 bridgehead atoms. The van der Waals surface area contributed by atoms with Crippen LogP contribution in [0.5, 0.6) is 0 Å². The minimum Gasteiger partial charge on any atom is -0.464 e. The average Bonchev–Trinajstić information content (AvgIpc) is 3.12. The van der Waals surface area contributed by atoms with Crippen molar-refractivity contribution in [3.63, 3.8) is 0 Å². The monoisotopic (exact) mass is 414 g/mol. The maximum absolute atomic E-state index is 11.5. The quantitative estimate of drug-likeness (QED) is 0.480. The van der Waals surface area contributed by atoms with Crippen LogP contribution in [-0.4, -0.2) is 38.2 Å². The Kier molecular flexibility index (Phi) is 4.81. The Hall–Kier alpha value is -3.23. The van der Waals surface area contributed by atoms with Crippen LogP contribution in [0, 0.1) is 0 Å². The first-order valence-corrected chi connectivity index (χ1v) is 8.80. The molecule has 0 unspecified atom stereocenters. The SMILES string of the molecule is COC(=O)c1ccc(Nc2nccc3[nH]c(-c4c(Cl)cccc4Cl)nc23)nn1. The molecule has 28 heavy (non-hydrogen) atoms. The van der Waals surface area contributed by atoms with Crippen molar-refractivity contribution in [1.82, 2.24) is 25.1 Å². The zero-order chi connectivity index (χ0) is 19.7. The van der Waals surface area contributed by atoms with Gasteiger partial charge in [-0.1, -0.05) is 29.3 Å². The number of pyridine rings is 1. The number of aromatic amines is 1. The zero-order valence-electron chi connectivity index (χ0n) is 14.4. The van der Waals surface area contributed by atoms with Crippen LogP contribution in [0.1, 0.15) is 10.5 Å². The van der Waals surface area contributed by atoms with E-state index in [1.807, 2.05) is 0 Å². The van der Waals surface area contributed by atoms with Gasteiger partial charge in [0.15, 0.2) is 17.3 Å². The van der Waals surface area contributed by atoms with Crippen LogP contribution in [0.25, 0.3) is 22.4 Å². The Balaban J connectivity index is 1.71. The lowest BCUT2D eigenvalue weighted by molar-refractivity contribution is 0.0593. The second kappa shape index (κ2) is 7.41. The zero-order valence-corrected chi connectivity index (χ0v) is 15.9. The van der Waals surface area contributed by atoms with E-state index in [0.29, 0.717) is 38.6 Å². The number of aromatic nitrogens is 5. The van der Waals surface area contributed by atoms with Crippen molar-refractivity contribution in [3.05, 3.63) is 58.3 Å². The van der Waals surface area contributed by atoms with E-state index in [1.165, 1.54) is 13.2 Å². The lowest BCUT2D eigenvalue weighted by Crippen LogP contribution is -2.06. The molecular weight excluding hydrogens is 403 g/mol. The maximum atomic E-state index is 11.5. The van der Waals surface area contributed by atoms with Gasteiger partial charge in [-0.3, -0.25) is 0 Å². The maximum Gasteiger partial charge on any atom is 0.358 e. The summed E-state index contributed by atoms with van der Waals surface area (Å²) < 4.78 is 4.61. The number of carbonyl (C=O) groups is 1. The van der Waals surface area contributed by atoms with Crippen molar-refractivity contribution in [2.75, 3.05) is 12.4 Å². The first-order chi connectivity index (χ1) is 13.6. The number of nitrogens with zero attached hydrogens (tertiary/aromatic N) is 4. The molecule has 0 aliphatic carbocycles. The van der Waals surface area contributed by atoms with Crippen LogP contribution in [0.15, 0.2) is 42.6 Å². The van der Waals surface area contributed by atoms with Gasteiger partial charge in [-0.05, 0) is 30.3 Å². The first-order valence-electron chi connectivity index (χ1n) is 8.05. The molecule has 0 spiro atoms. The summed E-state index contributed by atoms with van der Waals surface area (Å²) in [5.41, 5.74) is 2.03. The number of methoxy groups -OCH3 is 1. The molecule has 140 valence electrons. The lowest BCUT2D eigenvalue weighted by atomic mass is 10.2. The fourth-order valence-corrected chi connectivity index (χ4v) is 3.18. The predicted molar refractivity (Wildman–Crippen MR) is 106 cm³/mol. The van der Waals surface area contributed by atoms with Gasteiger partial charge in [0.05, 0.1) is 28.2 Å². The normalized spacial score (nSPS) is 10.8. The van der Waals surface area contributed by atoms with Crippen LogP contribution < -0.4 is 5.32 Å². The molecule has 0 saturated heterocycles. The van der Waals surface area contributed by atoms with Crippen molar-refractivity contribution >= 4 is 51.8 Å². The third-order valence-electron chi connectivity index (χ3n) is 3.91. The van der Waals surface area contributed by atoms with Crippen LogP contribution in [0.3, 0.4) is 0 Å². The highest BCUT2D eigenvalue weighted by Gasteiger charge is 2.16. The van der Waals surface area contributed by atoms with Gasteiger partial charge in [0.25, 0.3) is 0 Å². The first kappa shape index (κ1) is 18.1. The van der Waals surface area contributed by atoms with E-state index in [1.54, 1.807) is 36.5 Å². The molecule has 10 heteroatoms. The molecule has 4 rings (SSSR count). The molecule has 3 aromatic heterocycles. The highest BCUT2D eigenvalue weighted by molar-refractivity contribution is 6.39.